The number of hydrazone groups is 1. The van der Waals surface area contributed by atoms with Gasteiger partial charge in [-0.15, -0.1) is 0 Å². The van der Waals surface area contributed by atoms with E-state index in [0.29, 0.717) is 22.1 Å². The molecule has 0 aliphatic rings. The number of hydrogen-bond donors (Lipinski definition) is 2. The summed E-state index contributed by atoms with van der Waals surface area (Å²) < 4.78 is 6.18. The van der Waals surface area contributed by atoms with Crippen molar-refractivity contribution in [3.8, 4) is 11.5 Å². The van der Waals surface area contributed by atoms with Gasteiger partial charge in [0.1, 0.15) is 11.5 Å². The maximum absolute atomic E-state index is 12.4. The van der Waals surface area contributed by atoms with E-state index >= 15 is 0 Å². The summed E-state index contributed by atoms with van der Waals surface area (Å²) in [5.41, 5.74) is 2.52. The SMILES string of the molecule is COc1ccc(O)c(/C=N/NC(=O)c2nn(C)c(=O)c3ccccc23)c1. The maximum atomic E-state index is 12.4. The van der Waals surface area contributed by atoms with Crippen molar-refractivity contribution in [3.63, 3.8) is 0 Å². The second-order valence-electron chi connectivity index (χ2n) is 5.45. The third kappa shape index (κ3) is 3.25. The number of phenolic OH excluding ortho intramolecular Hbond substituents is 1. The number of phenols is 1. The first kappa shape index (κ1) is 17.2. The van der Waals surface area contributed by atoms with Crippen LogP contribution in [0.4, 0.5) is 0 Å². The molecule has 0 aliphatic heterocycles. The number of carbonyl (C=O) groups excluding carboxylic acids is 1. The molecular formula is C18H16N4O4. The first-order chi connectivity index (χ1) is 12.5. The van der Waals surface area contributed by atoms with Gasteiger partial charge in [-0.1, -0.05) is 18.2 Å². The van der Waals surface area contributed by atoms with Gasteiger partial charge in [-0.25, -0.2) is 10.1 Å². The number of aromatic nitrogens is 2. The number of rotatable bonds is 4. The van der Waals surface area contributed by atoms with Crippen LogP contribution in [0.5, 0.6) is 11.5 Å². The molecule has 0 bridgehead atoms. The third-order valence-corrected chi connectivity index (χ3v) is 3.78. The molecule has 0 fully saturated rings. The summed E-state index contributed by atoms with van der Waals surface area (Å²) in [5.74, 6) is -0.0359. The zero-order valence-corrected chi connectivity index (χ0v) is 14.1. The Labute approximate surface area is 148 Å². The molecule has 8 nitrogen and oxygen atoms in total. The molecule has 0 saturated carbocycles. The molecule has 2 aromatic carbocycles. The summed E-state index contributed by atoms with van der Waals surface area (Å²) in [6.45, 7) is 0. The smallest absolute Gasteiger partial charge is 0.292 e. The van der Waals surface area contributed by atoms with Crippen molar-refractivity contribution >= 4 is 22.9 Å². The number of benzene rings is 2. The van der Waals surface area contributed by atoms with Crippen molar-refractivity contribution in [2.24, 2.45) is 12.1 Å². The van der Waals surface area contributed by atoms with E-state index in [9.17, 15) is 14.7 Å². The molecule has 1 heterocycles. The molecule has 1 amide bonds. The van der Waals surface area contributed by atoms with Crippen LogP contribution < -0.4 is 15.7 Å². The second kappa shape index (κ2) is 7.06. The number of ether oxygens (including phenoxy) is 1. The molecule has 0 aliphatic carbocycles. The Balaban J connectivity index is 1.89. The van der Waals surface area contributed by atoms with E-state index in [4.69, 9.17) is 4.74 Å². The zero-order valence-electron chi connectivity index (χ0n) is 14.1. The van der Waals surface area contributed by atoms with Gasteiger partial charge in [0.15, 0.2) is 5.69 Å². The summed E-state index contributed by atoms with van der Waals surface area (Å²) in [7, 11) is 2.98. The third-order valence-electron chi connectivity index (χ3n) is 3.78. The van der Waals surface area contributed by atoms with Crippen LogP contribution in [0.25, 0.3) is 10.8 Å². The van der Waals surface area contributed by atoms with Crippen LogP contribution in [0, 0.1) is 0 Å². The summed E-state index contributed by atoms with van der Waals surface area (Å²) >= 11 is 0. The maximum Gasteiger partial charge on any atom is 0.292 e. The van der Waals surface area contributed by atoms with E-state index < -0.39 is 5.91 Å². The highest BCUT2D eigenvalue weighted by atomic mass is 16.5. The Morgan fingerprint density at radius 2 is 2.00 bits per heavy atom. The van der Waals surface area contributed by atoms with Crippen LogP contribution >= 0.6 is 0 Å². The fourth-order valence-corrected chi connectivity index (χ4v) is 2.44. The lowest BCUT2D eigenvalue weighted by molar-refractivity contribution is 0.0950. The lowest BCUT2D eigenvalue weighted by atomic mass is 10.1. The van der Waals surface area contributed by atoms with Gasteiger partial charge in [-0.2, -0.15) is 10.2 Å². The molecule has 0 saturated heterocycles. The highest BCUT2D eigenvalue weighted by Gasteiger charge is 2.15. The minimum absolute atomic E-state index is 0.00511. The fraction of sp³-hybridized carbons (Fsp3) is 0.111. The molecule has 0 radical (unpaired) electrons. The number of nitrogens with zero attached hydrogens (tertiary/aromatic N) is 3. The number of carbonyl (C=O) groups is 1. The van der Waals surface area contributed by atoms with Crippen molar-refractivity contribution in [1.82, 2.24) is 15.2 Å². The zero-order chi connectivity index (χ0) is 18.7. The second-order valence-corrected chi connectivity index (χ2v) is 5.45. The van der Waals surface area contributed by atoms with Crippen molar-refractivity contribution in [2.45, 2.75) is 0 Å². The Morgan fingerprint density at radius 3 is 2.73 bits per heavy atom. The lowest BCUT2D eigenvalue weighted by Gasteiger charge is -2.06. The van der Waals surface area contributed by atoms with E-state index in [-0.39, 0.29) is 17.0 Å². The van der Waals surface area contributed by atoms with Gasteiger partial charge < -0.3 is 9.84 Å². The number of nitrogens with one attached hydrogen (secondary N) is 1. The van der Waals surface area contributed by atoms with Crippen LogP contribution in [0.2, 0.25) is 0 Å². The van der Waals surface area contributed by atoms with Crippen LogP contribution in [0.1, 0.15) is 16.1 Å². The standard InChI is InChI=1S/C18H16N4O4/c1-22-18(25)14-6-4-3-5-13(14)16(21-22)17(24)20-19-10-11-9-12(26-2)7-8-15(11)23/h3-10,23H,1-2H3,(H,20,24)/b19-10+. The van der Waals surface area contributed by atoms with Gasteiger partial charge in [0, 0.05) is 18.0 Å². The molecule has 1 aromatic heterocycles. The van der Waals surface area contributed by atoms with Gasteiger partial charge in [-0.05, 0) is 24.3 Å². The van der Waals surface area contributed by atoms with Crippen LogP contribution in [0.15, 0.2) is 52.4 Å². The molecule has 2 N–H and O–H groups in total. The number of aromatic hydroxyl groups is 1. The first-order valence-corrected chi connectivity index (χ1v) is 7.67. The largest absolute Gasteiger partial charge is 0.507 e. The van der Waals surface area contributed by atoms with Crippen LogP contribution in [-0.4, -0.2) is 34.1 Å². The molecule has 0 atom stereocenters. The van der Waals surface area contributed by atoms with Gasteiger partial charge in [0.2, 0.25) is 0 Å². The normalized spacial score (nSPS) is 11.0. The highest BCUT2D eigenvalue weighted by molar-refractivity contribution is 6.05. The predicted molar refractivity (Wildman–Crippen MR) is 96.7 cm³/mol. The molecule has 132 valence electrons. The first-order valence-electron chi connectivity index (χ1n) is 7.67. The molecule has 8 heteroatoms. The van der Waals surface area contributed by atoms with E-state index in [1.165, 1.54) is 26.4 Å². The van der Waals surface area contributed by atoms with Gasteiger partial charge >= 0.3 is 0 Å². The minimum Gasteiger partial charge on any atom is -0.507 e. The number of fused-ring (bicyclic) bond motifs is 1. The average molecular weight is 352 g/mol. The molecular weight excluding hydrogens is 336 g/mol. The fourth-order valence-electron chi connectivity index (χ4n) is 2.44. The predicted octanol–water partition coefficient (Wildman–Crippen LogP) is 1.41. The number of aryl methyl sites for hydroxylation is 1. The molecule has 0 spiro atoms. The summed E-state index contributed by atoms with van der Waals surface area (Å²) in [4.78, 5) is 24.5. The Kier molecular flexibility index (Phi) is 4.66. The Morgan fingerprint density at radius 1 is 1.27 bits per heavy atom. The minimum atomic E-state index is -0.574. The quantitative estimate of drug-likeness (QED) is 0.545. The van der Waals surface area contributed by atoms with Gasteiger partial charge in [0.05, 0.1) is 18.7 Å². The molecule has 3 aromatic rings. The summed E-state index contributed by atoms with van der Waals surface area (Å²) in [6, 6.07) is 11.4. The molecule has 0 unspecified atom stereocenters. The topological polar surface area (TPSA) is 106 Å². The number of methoxy groups -OCH3 is 1. The average Bonchev–Trinajstić information content (AvgIpc) is 2.66. The van der Waals surface area contributed by atoms with Crippen LogP contribution in [-0.2, 0) is 7.05 Å². The van der Waals surface area contributed by atoms with Crippen molar-refractivity contribution in [3.05, 3.63) is 64.1 Å². The van der Waals surface area contributed by atoms with Crippen molar-refractivity contribution in [2.75, 3.05) is 7.11 Å². The molecule has 26 heavy (non-hydrogen) atoms. The van der Waals surface area contributed by atoms with Gasteiger partial charge in [-0.3, -0.25) is 9.59 Å². The van der Waals surface area contributed by atoms with Crippen LogP contribution in [0.3, 0.4) is 0 Å². The summed E-state index contributed by atoms with van der Waals surface area (Å²) in [5, 5.41) is 18.5. The Hall–Kier alpha value is -3.68. The highest BCUT2D eigenvalue weighted by Crippen LogP contribution is 2.21. The summed E-state index contributed by atoms with van der Waals surface area (Å²) in [6.07, 6.45) is 1.29. The van der Waals surface area contributed by atoms with E-state index in [0.717, 1.165) is 4.68 Å². The number of amides is 1. The van der Waals surface area contributed by atoms with E-state index in [1.54, 1.807) is 36.4 Å². The van der Waals surface area contributed by atoms with E-state index in [1.807, 2.05) is 0 Å². The molecule has 3 rings (SSSR count). The van der Waals surface area contributed by atoms with Crippen molar-refractivity contribution in [1.29, 1.82) is 0 Å². The number of hydrogen-bond acceptors (Lipinski definition) is 6. The van der Waals surface area contributed by atoms with Gasteiger partial charge in [0.25, 0.3) is 11.5 Å². The Bertz CT molecular complexity index is 1070. The monoisotopic (exact) mass is 352 g/mol. The van der Waals surface area contributed by atoms with Crippen molar-refractivity contribution < 1.29 is 14.6 Å². The van der Waals surface area contributed by atoms with E-state index in [2.05, 4.69) is 15.6 Å². The lowest BCUT2D eigenvalue weighted by Crippen LogP contribution is -2.27.